The summed E-state index contributed by atoms with van der Waals surface area (Å²) in [6.45, 7) is 4.42. The highest BCUT2D eigenvalue weighted by atomic mass is 16.2. The summed E-state index contributed by atoms with van der Waals surface area (Å²) in [4.78, 5) is 13.6. The molecule has 2 aromatic carbocycles. The molecule has 1 N–H and O–H groups in total. The second-order valence-electron chi connectivity index (χ2n) is 4.48. The molecule has 0 saturated carbocycles. The normalized spacial score (nSPS) is 10.2. The van der Waals surface area contributed by atoms with Gasteiger partial charge in [0, 0.05) is 19.3 Å². The predicted octanol–water partition coefficient (Wildman–Crippen LogP) is 2.58. The van der Waals surface area contributed by atoms with Crippen LogP contribution in [-0.2, 0) is 4.79 Å². The molecule has 0 radical (unpaired) electrons. The van der Waals surface area contributed by atoms with Gasteiger partial charge in [-0.15, -0.1) is 6.58 Å². The van der Waals surface area contributed by atoms with Crippen LogP contribution in [0.1, 0.15) is 0 Å². The van der Waals surface area contributed by atoms with Gasteiger partial charge >= 0.3 is 0 Å². The Labute approximate surface area is 113 Å². The molecule has 0 spiro atoms. The van der Waals surface area contributed by atoms with E-state index in [2.05, 4.69) is 36.2 Å². The van der Waals surface area contributed by atoms with Crippen molar-refractivity contribution in [1.82, 2.24) is 5.32 Å². The highest BCUT2D eigenvalue weighted by Crippen LogP contribution is 2.20. The van der Waals surface area contributed by atoms with Crippen LogP contribution in [0.2, 0.25) is 0 Å². The van der Waals surface area contributed by atoms with Crippen LogP contribution in [0.4, 0.5) is 5.69 Å². The van der Waals surface area contributed by atoms with Gasteiger partial charge in [0.05, 0.1) is 6.54 Å². The molecule has 0 aliphatic rings. The molecule has 0 aromatic heterocycles. The van der Waals surface area contributed by atoms with E-state index in [4.69, 9.17) is 0 Å². The molecule has 0 bridgehead atoms. The van der Waals surface area contributed by atoms with E-state index in [9.17, 15) is 4.79 Å². The van der Waals surface area contributed by atoms with Crippen molar-refractivity contribution in [1.29, 1.82) is 0 Å². The van der Waals surface area contributed by atoms with E-state index >= 15 is 0 Å². The number of benzene rings is 2. The van der Waals surface area contributed by atoms with Crippen molar-refractivity contribution in [3.63, 3.8) is 0 Å². The van der Waals surface area contributed by atoms with Crippen molar-refractivity contribution >= 4 is 22.4 Å². The number of nitrogens with one attached hydrogen (secondary N) is 1. The lowest BCUT2D eigenvalue weighted by molar-refractivity contribution is -0.119. The van der Waals surface area contributed by atoms with Gasteiger partial charge in [-0.2, -0.15) is 0 Å². The maximum atomic E-state index is 11.6. The Balaban J connectivity index is 2.10. The summed E-state index contributed by atoms with van der Waals surface area (Å²) in [5.41, 5.74) is 1.03. The maximum Gasteiger partial charge on any atom is 0.239 e. The highest BCUT2D eigenvalue weighted by Gasteiger charge is 2.06. The molecular formula is C16H18N2O. The first-order valence-electron chi connectivity index (χ1n) is 6.28. The minimum Gasteiger partial charge on any atom is -0.365 e. The molecule has 2 aromatic rings. The Morgan fingerprint density at radius 3 is 2.74 bits per heavy atom. The quantitative estimate of drug-likeness (QED) is 0.832. The van der Waals surface area contributed by atoms with Crippen LogP contribution in [0, 0.1) is 0 Å². The molecule has 0 heterocycles. The summed E-state index contributed by atoms with van der Waals surface area (Å²) in [6, 6.07) is 14.4. The van der Waals surface area contributed by atoms with Crippen molar-refractivity contribution in [2.45, 2.75) is 0 Å². The molecule has 98 valence electrons. The lowest BCUT2D eigenvalue weighted by Gasteiger charge is -2.19. The summed E-state index contributed by atoms with van der Waals surface area (Å²) >= 11 is 0. The molecule has 0 fully saturated rings. The van der Waals surface area contributed by atoms with Crippen LogP contribution in [0.5, 0.6) is 0 Å². The Hall–Kier alpha value is -2.29. The summed E-state index contributed by atoms with van der Waals surface area (Å²) in [6.07, 6.45) is 1.67. The van der Waals surface area contributed by atoms with Crippen molar-refractivity contribution in [2.75, 3.05) is 25.0 Å². The molecular weight excluding hydrogens is 236 g/mol. The minimum absolute atomic E-state index is 0.00411. The van der Waals surface area contributed by atoms with E-state index in [1.54, 1.807) is 6.08 Å². The number of amides is 1. The third kappa shape index (κ3) is 3.35. The van der Waals surface area contributed by atoms with Crippen LogP contribution in [0.25, 0.3) is 10.8 Å². The summed E-state index contributed by atoms with van der Waals surface area (Å²) in [5, 5.41) is 5.15. The first-order chi connectivity index (χ1) is 9.20. The van der Waals surface area contributed by atoms with Gasteiger partial charge in [0.25, 0.3) is 0 Å². The van der Waals surface area contributed by atoms with E-state index in [1.807, 2.05) is 30.1 Å². The molecule has 3 heteroatoms. The van der Waals surface area contributed by atoms with Crippen molar-refractivity contribution < 1.29 is 4.79 Å². The molecule has 3 nitrogen and oxygen atoms in total. The second-order valence-corrected chi connectivity index (χ2v) is 4.48. The average molecular weight is 254 g/mol. The third-order valence-electron chi connectivity index (χ3n) is 3.00. The number of likely N-dealkylation sites (N-methyl/N-ethyl adjacent to an activating group) is 1. The molecule has 0 atom stereocenters. The number of fused-ring (bicyclic) bond motifs is 1. The number of hydrogen-bond donors (Lipinski definition) is 1. The molecule has 0 saturated heterocycles. The lowest BCUT2D eigenvalue weighted by atomic mass is 10.1. The van der Waals surface area contributed by atoms with Gasteiger partial charge in [-0.3, -0.25) is 4.79 Å². The Kier molecular flexibility index (Phi) is 4.18. The fourth-order valence-corrected chi connectivity index (χ4v) is 1.96. The average Bonchev–Trinajstić information content (AvgIpc) is 2.44. The zero-order valence-corrected chi connectivity index (χ0v) is 11.1. The maximum absolute atomic E-state index is 11.6. The van der Waals surface area contributed by atoms with E-state index in [0.29, 0.717) is 13.1 Å². The molecule has 0 aliphatic carbocycles. The fraction of sp³-hybridized carbons (Fsp3) is 0.188. The molecule has 2 rings (SSSR count). The third-order valence-corrected chi connectivity index (χ3v) is 3.00. The van der Waals surface area contributed by atoms with E-state index < -0.39 is 0 Å². The van der Waals surface area contributed by atoms with E-state index in [0.717, 1.165) is 5.69 Å². The van der Waals surface area contributed by atoms with Gasteiger partial charge in [-0.05, 0) is 22.9 Å². The lowest BCUT2D eigenvalue weighted by Crippen LogP contribution is -2.35. The second kappa shape index (κ2) is 6.05. The van der Waals surface area contributed by atoms with Crippen LogP contribution in [-0.4, -0.2) is 26.0 Å². The molecule has 19 heavy (non-hydrogen) atoms. The van der Waals surface area contributed by atoms with Crippen molar-refractivity contribution in [3.8, 4) is 0 Å². The number of hydrogen-bond acceptors (Lipinski definition) is 2. The first kappa shape index (κ1) is 13.1. The molecule has 1 amide bonds. The zero-order valence-electron chi connectivity index (χ0n) is 11.1. The summed E-state index contributed by atoms with van der Waals surface area (Å²) < 4.78 is 0. The highest BCUT2D eigenvalue weighted by molar-refractivity contribution is 5.87. The van der Waals surface area contributed by atoms with Gasteiger partial charge in [0.15, 0.2) is 0 Å². The topological polar surface area (TPSA) is 32.3 Å². The van der Waals surface area contributed by atoms with Crippen molar-refractivity contribution in [3.05, 3.63) is 55.1 Å². The minimum atomic E-state index is -0.00411. The van der Waals surface area contributed by atoms with E-state index in [-0.39, 0.29) is 5.91 Å². The smallest absolute Gasteiger partial charge is 0.239 e. The van der Waals surface area contributed by atoms with Crippen LogP contribution in [0.15, 0.2) is 55.1 Å². The standard InChI is InChI=1S/C16H18N2O/c1-3-10-17-16(19)12-18(2)15-9-8-13-6-4-5-7-14(13)11-15/h3-9,11H,1,10,12H2,2H3,(H,17,19). The number of nitrogens with zero attached hydrogens (tertiary/aromatic N) is 1. The summed E-state index contributed by atoms with van der Waals surface area (Å²) in [7, 11) is 1.91. The Morgan fingerprint density at radius 2 is 2.00 bits per heavy atom. The number of carbonyl (C=O) groups excluding carboxylic acids is 1. The summed E-state index contributed by atoms with van der Waals surface area (Å²) in [5.74, 6) is -0.00411. The number of anilines is 1. The number of carbonyl (C=O) groups is 1. The number of rotatable bonds is 5. The van der Waals surface area contributed by atoms with Gasteiger partial charge in [-0.25, -0.2) is 0 Å². The first-order valence-corrected chi connectivity index (χ1v) is 6.28. The van der Waals surface area contributed by atoms with Crippen LogP contribution >= 0.6 is 0 Å². The predicted molar refractivity (Wildman–Crippen MR) is 80.4 cm³/mol. The van der Waals surface area contributed by atoms with Crippen LogP contribution < -0.4 is 10.2 Å². The van der Waals surface area contributed by atoms with Gasteiger partial charge in [0.1, 0.15) is 0 Å². The van der Waals surface area contributed by atoms with E-state index in [1.165, 1.54) is 10.8 Å². The Bertz CT molecular complexity index is 592. The SMILES string of the molecule is C=CCNC(=O)CN(C)c1ccc2ccccc2c1. The van der Waals surface area contributed by atoms with Gasteiger partial charge in [-0.1, -0.05) is 36.4 Å². The molecule has 0 unspecified atom stereocenters. The van der Waals surface area contributed by atoms with Crippen molar-refractivity contribution in [2.24, 2.45) is 0 Å². The molecule has 0 aliphatic heterocycles. The van der Waals surface area contributed by atoms with Gasteiger partial charge in [0.2, 0.25) is 5.91 Å². The van der Waals surface area contributed by atoms with Gasteiger partial charge < -0.3 is 10.2 Å². The fourth-order valence-electron chi connectivity index (χ4n) is 1.96. The largest absolute Gasteiger partial charge is 0.365 e. The zero-order chi connectivity index (χ0) is 13.7. The Morgan fingerprint density at radius 1 is 1.26 bits per heavy atom. The monoisotopic (exact) mass is 254 g/mol. The van der Waals surface area contributed by atoms with Crippen LogP contribution in [0.3, 0.4) is 0 Å².